The van der Waals surface area contributed by atoms with Crippen molar-refractivity contribution in [2.45, 2.75) is 61.9 Å². The molecular formula is C25H26ClF4N3O5. The van der Waals surface area contributed by atoms with Crippen molar-refractivity contribution < 1.29 is 41.7 Å². The van der Waals surface area contributed by atoms with E-state index in [9.17, 15) is 32.3 Å². The first-order chi connectivity index (χ1) is 17.7. The van der Waals surface area contributed by atoms with Crippen molar-refractivity contribution in [3.8, 4) is 11.5 Å². The van der Waals surface area contributed by atoms with Crippen LogP contribution in [0.25, 0.3) is 0 Å². The zero-order chi connectivity index (χ0) is 27.8. The molecule has 0 saturated heterocycles. The summed E-state index contributed by atoms with van der Waals surface area (Å²) < 4.78 is 62.1. The van der Waals surface area contributed by atoms with Gasteiger partial charge in [-0.25, -0.2) is 9.37 Å². The lowest BCUT2D eigenvalue weighted by atomic mass is 9.54. The van der Waals surface area contributed by atoms with Gasteiger partial charge in [-0.2, -0.15) is 13.2 Å². The maximum atomic E-state index is 13.6. The molecule has 38 heavy (non-hydrogen) atoms. The first-order valence-electron chi connectivity index (χ1n) is 11.8. The molecule has 13 heteroatoms. The van der Waals surface area contributed by atoms with Gasteiger partial charge in [-0.05, 0) is 56.9 Å². The highest BCUT2D eigenvalue weighted by atomic mass is 35.5. The number of aromatic nitrogens is 1. The van der Waals surface area contributed by atoms with Crippen molar-refractivity contribution in [1.29, 1.82) is 0 Å². The van der Waals surface area contributed by atoms with Gasteiger partial charge in [-0.3, -0.25) is 9.59 Å². The maximum absolute atomic E-state index is 13.6. The van der Waals surface area contributed by atoms with Crippen LogP contribution < -0.4 is 20.1 Å². The number of pyridine rings is 1. The van der Waals surface area contributed by atoms with Gasteiger partial charge in [0.25, 0.3) is 11.8 Å². The molecule has 3 saturated carbocycles. The van der Waals surface area contributed by atoms with Crippen molar-refractivity contribution in [3.05, 3.63) is 53.1 Å². The zero-order valence-corrected chi connectivity index (χ0v) is 21.1. The number of aliphatic hydroxyl groups is 1. The Labute approximate surface area is 220 Å². The molecule has 1 heterocycles. The summed E-state index contributed by atoms with van der Waals surface area (Å²) in [5.74, 6) is -1.51. The number of nitrogens with zero attached hydrogens (tertiary/aromatic N) is 1. The number of hydrogen-bond donors (Lipinski definition) is 3. The summed E-state index contributed by atoms with van der Waals surface area (Å²) in [5.41, 5.74) is -4.11. The van der Waals surface area contributed by atoms with Crippen LogP contribution in [0.3, 0.4) is 0 Å². The lowest BCUT2D eigenvalue weighted by Gasteiger charge is -2.61. The number of carbonyl (C=O) groups excluding carboxylic acids is 2. The lowest BCUT2D eigenvalue weighted by Crippen LogP contribution is -2.75. The first-order valence-corrected chi connectivity index (χ1v) is 12.2. The lowest BCUT2D eigenvalue weighted by molar-refractivity contribution is -0.155. The van der Waals surface area contributed by atoms with Gasteiger partial charge in [0.2, 0.25) is 0 Å². The average molecular weight is 560 g/mol. The molecule has 3 aliphatic rings. The number of alkyl halides is 3. The molecule has 3 aliphatic carbocycles. The minimum Gasteiger partial charge on any atom is -0.484 e. The van der Waals surface area contributed by atoms with Crippen LogP contribution in [-0.2, 0) is 15.8 Å². The molecule has 5 rings (SSSR count). The SMILES string of the molecule is CC1(O)CC2(NC(=O)COc3ccc(Cl)c(F)c3)CCC1(NC(=O)COc1ccc(C(F)(F)F)nc1)CC2. The topological polar surface area (TPSA) is 110 Å². The fourth-order valence-electron chi connectivity index (χ4n) is 5.26. The third-order valence-corrected chi connectivity index (χ3v) is 7.52. The standard InChI is InChI=1S/C25H26ClF4N3O5/c1-22(36)14-23(32-20(34)12-37-15-2-4-17(26)18(27)10-15)6-8-24(22,9-7-23)33-21(35)13-38-16-3-5-19(31-11-16)25(28,29)30/h2-5,10-11,36H,6-9,12-14H2,1H3,(H,32,34)(H,33,35). The molecule has 2 aromatic rings. The Balaban J connectivity index is 1.30. The molecule has 0 aliphatic heterocycles. The maximum Gasteiger partial charge on any atom is 0.433 e. The van der Waals surface area contributed by atoms with Crippen LogP contribution >= 0.6 is 11.6 Å². The monoisotopic (exact) mass is 559 g/mol. The summed E-state index contributed by atoms with van der Waals surface area (Å²) in [5, 5.41) is 17.0. The van der Waals surface area contributed by atoms with Crippen LogP contribution in [0.2, 0.25) is 5.02 Å². The van der Waals surface area contributed by atoms with Crippen molar-refractivity contribution >= 4 is 23.4 Å². The summed E-state index contributed by atoms with van der Waals surface area (Å²) in [4.78, 5) is 28.5. The smallest absolute Gasteiger partial charge is 0.433 e. The Morgan fingerprint density at radius 3 is 2.18 bits per heavy atom. The molecule has 1 aromatic heterocycles. The number of ether oxygens (including phenoxy) is 2. The van der Waals surface area contributed by atoms with Crippen molar-refractivity contribution in [2.24, 2.45) is 0 Å². The number of hydrogen-bond acceptors (Lipinski definition) is 6. The van der Waals surface area contributed by atoms with Gasteiger partial charge in [0.15, 0.2) is 13.2 Å². The van der Waals surface area contributed by atoms with Crippen LogP contribution in [0.5, 0.6) is 11.5 Å². The number of carbonyl (C=O) groups is 2. The number of amides is 2. The summed E-state index contributed by atoms with van der Waals surface area (Å²) in [6.45, 7) is 0.749. The summed E-state index contributed by atoms with van der Waals surface area (Å²) >= 11 is 5.64. The van der Waals surface area contributed by atoms with Crippen molar-refractivity contribution in [2.75, 3.05) is 13.2 Å². The van der Waals surface area contributed by atoms with Gasteiger partial charge in [-0.1, -0.05) is 11.6 Å². The second-order valence-corrected chi connectivity index (χ2v) is 10.3. The summed E-state index contributed by atoms with van der Waals surface area (Å²) in [7, 11) is 0. The van der Waals surface area contributed by atoms with E-state index in [2.05, 4.69) is 15.6 Å². The highest BCUT2D eigenvalue weighted by Gasteiger charge is 2.61. The van der Waals surface area contributed by atoms with Crippen LogP contribution in [0.15, 0.2) is 36.5 Å². The predicted octanol–water partition coefficient (Wildman–Crippen LogP) is 3.79. The van der Waals surface area contributed by atoms with Gasteiger partial charge in [0.1, 0.15) is 23.0 Å². The summed E-state index contributed by atoms with van der Waals surface area (Å²) in [6, 6.07) is 5.67. The quantitative estimate of drug-likeness (QED) is 0.425. The van der Waals surface area contributed by atoms with E-state index in [0.717, 1.165) is 24.4 Å². The van der Waals surface area contributed by atoms with E-state index in [1.807, 2.05) is 0 Å². The minimum atomic E-state index is -4.58. The van der Waals surface area contributed by atoms with E-state index in [1.165, 1.54) is 12.1 Å². The van der Waals surface area contributed by atoms with Gasteiger partial charge in [-0.15, -0.1) is 0 Å². The van der Waals surface area contributed by atoms with Crippen LogP contribution in [0.4, 0.5) is 17.6 Å². The highest BCUT2D eigenvalue weighted by Crippen LogP contribution is 2.52. The Hall–Kier alpha value is -3.12. The predicted molar refractivity (Wildman–Crippen MR) is 127 cm³/mol. The van der Waals surface area contributed by atoms with Crippen LogP contribution in [0, 0.1) is 5.82 Å². The fraction of sp³-hybridized carbons (Fsp3) is 0.480. The Morgan fingerprint density at radius 2 is 1.63 bits per heavy atom. The van der Waals surface area contributed by atoms with Gasteiger partial charge in [0, 0.05) is 18.0 Å². The van der Waals surface area contributed by atoms with Crippen LogP contribution in [-0.4, -0.2) is 51.8 Å². The molecule has 0 radical (unpaired) electrons. The Bertz CT molecular complexity index is 1200. The average Bonchev–Trinajstić information content (AvgIpc) is 2.84. The molecule has 206 valence electrons. The molecule has 2 bridgehead atoms. The molecule has 1 atom stereocenters. The first kappa shape index (κ1) is 27.9. The number of halogens is 5. The fourth-order valence-corrected chi connectivity index (χ4v) is 5.38. The van der Waals surface area contributed by atoms with E-state index in [1.54, 1.807) is 6.92 Å². The van der Waals surface area contributed by atoms with E-state index in [0.29, 0.717) is 25.7 Å². The highest BCUT2D eigenvalue weighted by molar-refractivity contribution is 6.30. The van der Waals surface area contributed by atoms with E-state index >= 15 is 0 Å². The van der Waals surface area contributed by atoms with Gasteiger partial charge in [0.05, 0.1) is 22.4 Å². The van der Waals surface area contributed by atoms with Crippen molar-refractivity contribution in [3.63, 3.8) is 0 Å². The third-order valence-electron chi connectivity index (χ3n) is 7.22. The molecule has 8 nitrogen and oxygen atoms in total. The van der Waals surface area contributed by atoms with Crippen LogP contribution in [0.1, 0.15) is 44.7 Å². The number of rotatable bonds is 8. The van der Waals surface area contributed by atoms with E-state index < -0.39 is 52.8 Å². The molecule has 3 N–H and O–H groups in total. The Morgan fingerprint density at radius 1 is 1.03 bits per heavy atom. The summed E-state index contributed by atoms with van der Waals surface area (Å²) in [6.07, 6.45) is -1.82. The third kappa shape index (κ3) is 5.96. The minimum absolute atomic E-state index is 0.00464. The second kappa shape index (κ2) is 10.2. The largest absolute Gasteiger partial charge is 0.484 e. The second-order valence-electron chi connectivity index (χ2n) is 9.94. The molecule has 3 fully saturated rings. The number of fused-ring (bicyclic) bond motifs is 3. The van der Waals surface area contributed by atoms with E-state index in [4.69, 9.17) is 21.1 Å². The number of benzene rings is 1. The van der Waals surface area contributed by atoms with Crippen molar-refractivity contribution in [1.82, 2.24) is 15.6 Å². The van der Waals surface area contributed by atoms with Gasteiger partial charge >= 0.3 is 6.18 Å². The number of nitrogens with one attached hydrogen (secondary N) is 2. The molecular weight excluding hydrogens is 534 g/mol. The Kier molecular flexibility index (Phi) is 7.50. The molecule has 1 unspecified atom stereocenters. The van der Waals surface area contributed by atoms with Gasteiger partial charge < -0.3 is 25.2 Å². The normalized spacial score (nSPS) is 26.5. The molecule has 2 amide bonds. The van der Waals surface area contributed by atoms with E-state index in [-0.39, 0.29) is 29.5 Å². The zero-order valence-electron chi connectivity index (χ0n) is 20.3. The molecule has 0 spiro atoms. The molecule has 1 aromatic carbocycles.